The number of sulfonamides is 1. The molecule has 0 aromatic heterocycles. The van der Waals surface area contributed by atoms with Crippen molar-refractivity contribution in [2.45, 2.75) is 37.4 Å². The van der Waals surface area contributed by atoms with Crippen LogP contribution < -0.4 is 5.32 Å². The number of alkyl halides is 3. The van der Waals surface area contributed by atoms with Crippen molar-refractivity contribution in [3.63, 3.8) is 0 Å². The fourth-order valence-electron chi connectivity index (χ4n) is 3.54. The van der Waals surface area contributed by atoms with Gasteiger partial charge in [-0.3, -0.25) is 9.59 Å². The van der Waals surface area contributed by atoms with Crippen LogP contribution in [-0.2, 0) is 37.1 Å². The van der Waals surface area contributed by atoms with Crippen molar-refractivity contribution >= 4 is 22.3 Å². The van der Waals surface area contributed by atoms with Crippen molar-refractivity contribution in [1.29, 1.82) is 0 Å². The van der Waals surface area contributed by atoms with Crippen molar-refractivity contribution in [2.75, 3.05) is 39.9 Å². The molecule has 0 saturated carbocycles. The Hall–Kier alpha value is -2.96. The molecule has 0 bridgehead atoms. The molecule has 8 nitrogen and oxygen atoms in total. The van der Waals surface area contributed by atoms with Gasteiger partial charge in [-0.1, -0.05) is 38.1 Å². The van der Waals surface area contributed by atoms with Crippen LogP contribution in [0.25, 0.3) is 0 Å². The van der Waals surface area contributed by atoms with Crippen LogP contribution in [0.5, 0.6) is 0 Å². The lowest BCUT2D eigenvalue weighted by molar-refractivity contribution is -0.137. The molecule has 0 atom stereocenters. The number of piperazine rings is 1. The quantitative estimate of drug-likeness (QED) is 0.516. The van der Waals surface area contributed by atoms with Gasteiger partial charge in [-0.05, 0) is 41.3 Å². The average molecular weight is 544 g/mol. The van der Waals surface area contributed by atoms with Gasteiger partial charge in [0.05, 0.1) is 10.5 Å². The van der Waals surface area contributed by atoms with Gasteiger partial charge < -0.3 is 15.0 Å². The summed E-state index contributed by atoms with van der Waals surface area (Å²) in [5.74, 6) is 0.331. The standard InChI is InChI=1S/C14H17F3N2O4S.C11H15NO/c1-23-10-13(20)18-6-8-19(9-7-18)24(21,22)12-4-2-11(3-5-12)14(15,16)17;1-9(2)11-5-3-10(4-6-11)7-12-8-13/h2-5H,6-10H2,1H3;3-6,8-9H,7H2,1-2H3,(H,12,13). The van der Waals surface area contributed by atoms with Gasteiger partial charge in [0.25, 0.3) is 0 Å². The summed E-state index contributed by atoms with van der Waals surface area (Å²) < 4.78 is 68.5. The first-order chi connectivity index (χ1) is 17.4. The van der Waals surface area contributed by atoms with E-state index in [4.69, 9.17) is 4.74 Å². The maximum atomic E-state index is 12.5. The van der Waals surface area contributed by atoms with E-state index in [0.29, 0.717) is 12.5 Å². The zero-order valence-electron chi connectivity index (χ0n) is 21.0. The molecule has 0 radical (unpaired) electrons. The summed E-state index contributed by atoms with van der Waals surface area (Å²) in [5, 5.41) is 2.63. The molecule has 1 N–H and O–H groups in total. The summed E-state index contributed by atoms with van der Waals surface area (Å²) in [6.07, 6.45) is -3.80. The third-order valence-corrected chi connectivity index (χ3v) is 7.63. The van der Waals surface area contributed by atoms with E-state index in [0.717, 1.165) is 40.5 Å². The second-order valence-corrected chi connectivity index (χ2v) is 10.6. The summed E-state index contributed by atoms with van der Waals surface area (Å²) in [6.45, 7) is 5.45. The predicted octanol–water partition coefficient (Wildman–Crippen LogP) is 3.24. The van der Waals surface area contributed by atoms with E-state index >= 15 is 0 Å². The number of hydrogen-bond acceptors (Lipinski definition) is 5. The Bertz CT molecular complexity index is 1110. The van der Waals surface area contributed by atoms with Gasteiger partial charge in [0.2, 0.25) is 22.3 Å². The largest absolute Gasteiger partial charge is 0.416 e. The Balaban J connectivity index is 0.000000312. The minimum absolute atomic E-state index is 0.0777. The molecule has 2 aromatic rings. The van der Waals surface area contributed by atoms with Crippen LogP contribution >= 0.6 is 0 Å². The van der Waals surface area contributed by atoms with Crippen LogP contribution in [0.3, 0.4) is 0 Å². The lowest BCUT2D eigenvalue weighted by atomic mass is 10.0. The zero-order chi connectivity index (χ0) is 27.6. The van der Waals surface area contributed by atoms with E-state index in [2.05, 4.69) is 31.3 Å². The first-order valence-electron chi connectivity index (χ1n) is 11.6. The second kappa shape index (κ2) is 13.5. The molecule has 2 amide bonds. The summed E-state index contributed by atoms with van der Waals surface area (Å²) in [6, 6.07) is 11.7. The highest BCUT2D eigenvalue weighted by atomic mass is 32.2. The number of benzene rings is 2. The molecule has 0 unspecified atom stereocenters. The Morgan fingerprint density at radius 2 is 1.59 bits per heavy atom. The number of halogens is 3. The number of ether oxygens (including phenoxy) is 1. The number of carbonyl (C=O) groups is 2. The van der Waals surface area contributed by atoms with Crippen LogP contribution in [0.1, 0.15) is 36.5 Å². The third-order valence-electron chi connectivity index (χ3n) is 5.71. The number of nitrogens with zero attached hydrogens (tertiary/aromatic N) is 2. The van der Waals surface area contributed by atoms with Crippen molar-refractivity contribution < 1.29 is 35.9 Å². The minimum Gasteiger partial charge on any atom is -0.375 e. The third kappa shape index (κ3) is 8.83. The van der Waals surface area contributed by atoms with Crippen molar-refractivity contribution in [3.05, 3.63) is 65.2 Å². The highest BCUT2D eigenvalue weighted by molar-refractivity contribution is 7.89. The number of nitrogens with one attached hydrogen (secondary N) is 1. The molecule has 1 aliphatic heterocycles. The lowest BCUT2D eigenvalue weighted by Crippen LogP contribution is -2.51. The Kier molecular flexibility index (Phi) is 11.1. The van der Waals surface area contributed by atoms with E-state index in [1.54, 1.807) is 0 Å². The van der Waals surface area contributed by atoms with Crippen molar-refractivity contribution in [2.24, 2.45) is 0 Å². The number of hydrogen-bond donors (Lipinski definition) is 1. The summed E-state index contributed by atoms with van der Waals surface area (Å²) in [4.78, 5) is 23.0. The summed E-state index contributed by atoms with van der Waals surface area (Å²) in [5.41, 5.74) is 1.56. The smallest absolute Gasteiger partial charge is 0.375 e. The number of methoxy groups -OCH3 is 1. The topological polar surface area (TPSA) is 96.0 Å². The monoisotopic (exact) mass is 543 g/mol. The second-order valence-electron chi connectivity index (χ2n) is 8.64. The minimum atomic E-state index is -4.52. The Morgan fingerprint density at radius 3 is 2.05 bits per heavy atom. The van der Waals surface area contributed by atoms with Crippen LogP contribution in [0, 0.1) is 0 Å². The van der Waals surface area contributed by atoms with Gasteiger partial charge in [0.15, 0.2) is 0 Å². The fourth-order valence-corrected chi connectivity index (χ4v) is 4.96. The van der Waals surface area contributed by atoms with Crippen LogP contribution in [0.2, 0.25) is 0 Å². The van der Waals surface area contributed by atoms with Gasteiger partial charge in [-0.15, -0.1) is 0 Å². The first kappa shape index (κ1) is 30.3. The van der Waals surface area contributed by atoms with Crippen molar-refractivity contribution in [3.8, 4) is 0 Å². The molecule has 0 aliphatic carbocycles. The van der Waals surface area contributed by atoms with Gasteiger partial charge in [-0.25, -0.2) is 8.42 Å². The van der Waals surface area contributed by atoms with Gasteiger partial charge in [0, 0.05) is 39.8 Å². The van der Waals surface area contributed by atoms with Crippen LogP contribution in [0.4, 0.5) is 13.2 Å². The van der Waals surface area contributed by atoms with Crippen LogP contribution in [-0.4, -0.2) is 69.8 Å². The van der Waals surface area contributed by atoms with Gasteiger partial charge in [-0.2, -0.15) is 17.5 Å². The van der Waals surface area contributed by atoms with Gasteiger partial charge >= 0.3 is 6.18 Å². The van der Waals surface area contributed by atoms with E-state index in [9.17, 15) is 31.2 Å². The molecule has 1 saturated heterocycles. The summed E-state index contributed by atoms with van der Waals surface area (Å²) in [7, 11) is -2.50. The zero-order valence-corrected chi connectivity index (χ0v) is 21.8. The van der Waals surface area contributed by atoms with Gasteiger partial charge in [0.1, 0.15) is 6.61 Å². The molecule has 37 heavy (non-hydrogen) atoms. The number of carbonyl (C=O) groups excluding carboxylic acids is 2. The molecule has 2 aromatic carbocycles. The molecule has 12 heteroatoms. The SMILES string of the molecule is CC(C)c1ccc(CNC=O)cc1.COCC(=O)N1CCN(S(=O)(=O)c2ccc(C(F)(F)F)cc2)CC1. The first-order valence-corrected chi connectivity index (χ1v) is 13.0. The van der Waals surface area contributed by atoms with Crippen LogP contribution in [0.15, 0.2) is 53.4 Å². The predicted molar refractivity (Wildman–Crippen MR) is 132 cm³/mol. The Morgan fingerprint density at radius 1 is 1.03 bits per heavy atom. The molecular weight excluding hydrogens is 511 g/mol. The Labute approximate surface area is 215 Å². The molecular formula is C25H32F3N3O5S. The van der Waals surface area contributed by atoms with E-state index < -0.39 is 21.8 Å². The number of amides is 2. The molecule has 1 heterocycles. The fraction of sp³-hybridized carbons (Fsp3) is 0.440. The highest BCUT2D eigenvalue weighted by Gasteiger charge is 2.33. The average Bonchev–Trinajstić information content (AvgIpc) is 2.88. The number of rotatable bonds is 8. The maximum Gasteiger partial charge on any atom is 0.416 e. The normalized spacial score (nSPS) is 14.6. The van der Waals surface area contributed by atoms with E-state index in [1.807, 2.05) is 12.1 Å². The van der Waals surface area contributed by atoms with E-state index in [-0.39, 0.29) is 43.6 Å². The molecule has 204 valence electrons. The van der Waals surface area contributed by atoms with E-state index in [1.165, 1.54) is 17.6 Å². The molecule has 1 fully saturated rings. The summed E-state index contributed by atoms with van der Waals surface area (Å²) >= 11 is 0. The molecule has 0 spiro atoms. The molecule has 1 aliphatic rings. The maximum absolute atomic E-state index is 12.5. The molecule has 3 rings (SSSR count). The highest BCUT2D eigenvalue weighted by Crippen LogP contribution is 2.30. The van der Waals surface area contributed by atoms with Crippen molar-refractivity contribution in [1.82, 2.24) is 14.5 Å². The lowest BCUT2D eigenvalue weighted by Gasteiger charge is -2.33.